The molecule has 0 aliphatic heterocycles. The van der Waals surface area contributed by atoms with Gasteiger partial charge in [0.25, 0.3) is 5.91 Å². The maximum atomic E-state index is 13.6. The molecule has 1 atom stereocenters. The molecule has 0 fully saturated rings. The summed E-state index contributed by atoms with van der Waals surface area (Å²) in [5.41, 5.74) is 6.22. The van der Waals surface area contributed by atoms with Gasteiger partial charge in [0.1, 0.15) is 5.82 Å². The molecule has 3 amide bonds. The van der Waals surface area contributed by atoms with Crippen LogP contribution < -0.4 is 11.1 Å². The number of hydrogen-bond acceptors (Lipinski definition) is 2. The van der Waals surface area contributed by atoms with Gasteiger partial charge in [0.05, 0.1) is 5.56 Å². The number of nitrogens with one attached hydrogen (secondary N) is 1. The molecule has 0 aromatic heterocycles. The number of anilines is 1. The molecule has 0 saturated heterocycles. The van der Waals surface area contributed by atoms with Gasteiger partial charge in [-0.05, 0) is 37.1 Å². The Morgan fingerprint density at radius 2 is 1.88 bits per heavy atom. The van der Waals surface area contributed by atoms with Crippen LogP contribution in [-0.4, -0.2) is 22.9 Å². The highest BCUT2D eigenvalue weighted by molar-refractivity contribution is 5.96. The molecule has 2 rings (SSSR count). The molecule has 2 aromatic carbocycles. The summed E-state index contributed by atoms with van der Waals surface area (Å²) < 4.78 is 13.6. The number of halogens is 1. The first-order chi connectivity index (χ1) is 11.9. The number of carbonyl (C=O) groups excluding carboxylic acids is 2. The zero-order chi connectivity index (χ0) is 18.4. The molecule has 0 aliphatic carbocycles. The number of carbonyl (C=O) groups is 2. The molecule has 0 bridgehead atoms. The van der Waals surface area contributed by atoms with Crippen LogP contribution in [0, 0.1) is 5.82 Å². The summed E-state index contributed by atoms with van der Waals surface area (Å²) in [6, 6.07) is 13.1. The van der Waals surface area contributed by atoms with Gasteiger partial charge in [0.15, 0.2) is 0 Å². The first kappa shape index (κ1) is 18.4. The van der Waals surface area contributed by atoms with Crippen molar-refractivity contribution in [1.82, 2.24) is 4.90 Å². The first-order valence-corrected chi connectivity index (χ1v) is 8.13. The predicted molar refractivity (Wildman–Crippen MR) is 95.7 cm³/mol. The Bertz CT molecular complexity index is 750. The number of nitrogens with zero attached hydrogens (tertiary/aromatic N) is 1. The standard InChI is InChI=1S/C19H22FN3O2/c1-3-13(2)23(12-14-7-5-4-6-8-14)19(25)22-15-9-10-17(20)16(11-15)18(21)24/h4-11,13H,3,12H2,1-2H3,(H2,21,24)(H,22,25). The van der Waals surface area contributed by atoms with Gasteiger partial charge in [0.2, 0.25) is 0 Å². The second-order valence-electron chi connectivity index (χ2n) is 5.86. The monoisotopic (exact) mass is 343 g/mol. The Hall–Kier alpha value is -2.89. The van der Waals surface area contributed by atoms with Crippen molar-refractivity contribution >= 4 is 17.6 Å². The van der Waals surface area contributed by atoms with Gasteiger partial charge in [-0.15, -0.1) is 0 Å². The van der Waals surface area contributed by atoms with E-state index in [4.69, 9.17) is 5.73 Å². The number of hydrogen-bond donors (Lipinski definition) is 2. The van der Waals surface area contributed by atoms with Crippen LogP contribution in [0.1, 0.15) is 36.2 Å². The van der Waals surface area contributed by atoms with Gasteiger partial charge in [-0.3, -0.25) is 4.79 Å². The van der Waals surface area contributed by atoms with Crippen LogP contribution in [0.15, 0.2) is 48.5 Å². The fourth-order valence-corrected chi connectivity index (χ4v) is 2.42. The highest BCUT2D eigenvalue weighted by Gasteiger charge is 2.20. The van der Waals surface area contributed by atoms with Crippen molar-refractivity contribution < 1.29 is 14.0 Å². The van der Waals surface area contributed by atoms with E-state index in [1.165, 1.54) is 12.1 Å². The van der Waals surface area contributed by atoms with E-state index in [9.17, 15) is 14.0 Å². The predicted octanol–water partition coefficient (Wildman–Crippen LogP) is 3.76. The molecule has 0 saturated carbocycles. The van der Waals surface area contributed by atoms with Crippen molar-refractivity contribution in [2.45, 2.75) is 32.9 Å². The normalized spacial score (nSPS) is 11.6. The molecule has 3 N–H and O–H groups in total. The van der Waals surface area contributed by atoms with Gasteiger partial charge in [-0.25, -0.2) is 9.18 Å². The van der Waals surface area contributed by atoms with Gasteiger partial charge in [0, 0.05) is 18.3 Å². The second-order valence-corrected chi connectivity index (χ2v) is 5.86. The Labute approximate surface area is 146 Å². The molecule has 0 radical (unpaired) electrons. The lowest BCUT2D eigenvalue weighted by Gasteiger charge is -2.29. The molecule has 2 aromatic rings. The maximum Gasteiger partial charge on any atom is 0.322 e. The van der Waals surface area contributed by atoms with E-state index in [2.05, 4.69) is 5.32 Å². The summed E-state index contributed by atoms with van der Waals surface area (Å²) in [7, 11) is 0. The summed E-state index contributed by atoms with van der Waals surface area (Å²) >= 11 is 0. The lowest BCUT2D eigenvalue weighted by molar-refractivity contribution is 0.0996. The van der Waals surface area contributed by atoms with E-state index in [0.717, 1.165) is 18.1 Å². The summed E-state index contributed by atoms with van der Waals surface area (Å²) in [4.78, 5) is 25.6. The van der Waals surface area contributed by atoms with Crippen molar-refractivity contribution in [2.75, 3.05) is 5.32 Å². The number of urea groups is 1. The minimum Gasteiger partial charge on any atom is -0.366 e. The summed E-state index contributed by atoms with van der Waals surface area (Å²) in [5.74, 6) is -1.59. The minimum atomic E-state index is -0.878. The largest absolute Gasteiger partial charge is 0.366 e. The lowest BCUT2D eigenvalue weighted by Crippen LogP contribution is -2.40. The minimum absolute atomic E-state index is 0.0104. The second kappa shape index (κ2) is 8.28. The van der Waals surface area contributed by atoms with Crippen LogP contribution >= 0.6 is 0 Å². The van der Waals surface area contributed by atoms with Crippen LogP contribution in [-0.2, 0) is 6.54 Å². The van der Waals surface area contributed by atoms with Crippen molar-refractivity contribution in [3.8, 4) is 0 Å². The Balaban J connectivity index is 2.19. The van der Waals surface area contributed by atoms with Gasteiger partial charge >= 0.3 is 6.03 Å². The molecule has 25 heavy (non-hydrogen) atoms. The van der Waals surface area contributed by atoms with Crippen LogP contribution in [0.5, 0.6) is 0 Å². The molecule has 6 heteroatoms. The van der Waals surface area contributed by atoms with Crippen molar-refractivity contribution in [2.24, 2.45) is 5.73 Å². The number of amides is 3. The van der Waals surface area contributed by atoms with Crippen molar-refractivity contribution in [3.05, 3.63) is 65.5 Å². The third-order valence-electron chi connectivity index (χ3n) is 4.06. The quantitative estimate of drug-likeness (QED) is 0.838. The van der Waals surface area contributed by atoms with Gasteiger partial charge in [-0.2, -0.15) is 0 Å². The zero-order valence-electron chi connectivity index (χ0n) is 14.3. The van der Waals surface area contributed by atoms with Crippen LogP contribution in [0.4, 0.5) is 14.9 Å². The molecule has 132 valence electrons. The van der Waals surface area contributed by atoms with Crippen LogP contribution in [0.25, 0.3) is 0 Å². The van der Waals surface area contributed by atoms with E-state index in [1.807, 2.05) is 44.2 Å². The van der Waals surface area contributed by atoms with Crippen molar-refractivity contribution in [3.63, 3.8) is 0 Å². The van der Waals surface area contributed by atoms with Crippen LogP contribution in [0.3, 0.4) is 0 Å². The van der Waals surface area contributed by atoms with E-state index in [1.54, 1.807) is 4.90 Å². The highest BCUT2D eigenvalue weighted by atomic mass is 19.1. The number of primary amides is 1. The lowest BCUT2D eigenvalue weighted by atomic mass is 10.1. The molecule has 0 heterocycles. The first-order valence-electron chi connectivity index (χ1n) is 8.13. The SMILES string of the molecule is CCC(C)N(Cc1ccccc1)C(=O)Nc1ccc(F)c(C(N)=O)c1. The molecular formula is C19H22FN3O2. The fourth-order valence-electron chi connectivity index (χ4n) is 2.42. The molecule has 0 aliphatic rings. The van der Waals surface area contributed by atoms with Gasteiger partial charge < -0.3 is 16.0 Å². The molecule has 0 spiro atoms. The highest BCUT2D eigenvalue weighted by Crippen LogP contribution is 2.17. The Morgan fingerprint density at radius 1 is 1.20 bits per heavy atom. The fraction of sp³-hybridized carbons (Fsp3) is 0.263. The summed E-state index contributed by atoms with van der Waals surface area (Å²) in [6.07, 6.45) is 0.788. The maximum absolute atomic E-state index is 13.6. The summed E-state index contributed by atoms with van der Waals surface area (Å²) in [6.45, 7) is 4.41. The number of benzene rings is 2. The average molecular weight is 343 g/mol. The smallest absolute Gasteiger partial charge is 0.322 e. The third kappa shape index (κ3) is 4.79. The molecular weight excluding hydrogens is 321 g/mol. The topological polar surface area (TPSA) is 75.4 Å². The van der Waals surface area contributed by atoms with Gasteiger partial charge in [-0.1, -0.05) is 37.3 Å². The number of nitrogens with two attached hydrogens (primary N) is 1. The summed E-state index contributed by atoms with van der Waals surface area (Å²) in [5, 5.41) is 2.71. The molecule has 1 unspecified atom stereocenters. The zero-order valence-corrected chi connectivity index (χ0v) is 14.3. The van der Waals surface area contributed by atoms with Crippen molar-refractivity contribution in [1.29, 1.82) is 0 Å². The Kier molecular flexibility index (Phi) is 6.11. The number of rotatable bonds is 6. The van der Waals surface area contributed by atoms with E-state index >= 15 is 0 Å². The average Bonchev–Trinajstić information content (AvgIpc) is 2.61. The van der Waals surface area contributed by atoms with E-state index < -0.39 is 11.7 Å². The Morgan fingerprint density at radius 3 is 2.48 bits per heavy atom. The third-order valence-corrected chi connectivity index (χ3v) is 4.06. The van der Waals surface area contributed by atoms with E-state index in [-0.39, 0.29) is 17.6 Å². The molecule has 5 nitrogen and oxygen atoms in total. The van der Waals surface area contributed by atoms with Crippen LogP contribution in [0.2, 0.25) is 0 Å². The van der Waals surface area contributed by atoms with E-state index in [0.29, 0.717) is 12.2 Å².